The van der Waals surface area contributed by atoms with Crippen LogP contribution in [0.1, 0.15) is 38.7 Å². The van der Waals surface area contributed by atoms with Crippen LogP contribution in [0.3, 0.4) is 0 Å². The number of aliphatic imine (C=N–C) groups is 1. The zero-order valence-corrected chi connectivity index (χ0v) is 19.6. The fourth-order valence-corrected chi connectivity index (χ4v) is 5.08. The summed E-state index contributed by atoms with van der Waals surface area (Å²) in [6, 6.07) is 16.1. The van der Waals surface area contributed by atoms with Gasteiger partial charge in [-0.25, -0.2) is 4.98 Å². The Kier molecular flexibility index (Phi) is 4.83. The number of benzene rings is 2. The zero-order chi connectivity index (χ0) is 23.4. The minimum Gasteiger partial charge on any atom is -0.342 e. The number of rotatable bonds is 5. The van der Waals surface area contributed by atoms with Crippen LogP contribution in [-0.4, -0.2) is 62.6 Å². The first-order chi connectivity index (χ1) is 16.4. The lowest BCUT2D eigenvalue weighted by Gasteiger charge is -2.24. The van der Waals surface area contributed by atoms with Crippen molar-refractivity contribution < 1.29 is 9.59 Å². The predicted octanol–water partition coefficient (Wildman–Crippen LogP) is 3.86. The van der Waals surface area contributed by atoms with E-state index in [0.29, 0.717) is 12.5 Å². The number of hydrogen-bond donors (Lipinski definition) is 1. The Labute approximate surface area is 198 Å². The molecule has 1 atom stereocenters. The third-order valence-electron chi connectivity index (χ3n) is 7.18. The first-order valence-electron chi connectivity index (χ1n) is 12.2. The molecule has 3 aromatic rings. The SMILES string of the molecule is CC1(C)N=C(c2ccc(-c3nc4ccccc4[nH]3)cc2)N(C[C@@H]2CCN(C(=O)C3CC3)C2)C1=O. The monoisotopic (exact) mass is 455 g/mol. The Morgan fingerprint density at radius 1 is 1.06 bits per heavy atom. The first-order valence-corrected chi connectivity index (χ1v) is 12.2. The average Bonchev–Trinajstić information content (AvgIpc) is 3.35. The Morgan fingerprint density at radius 2 is 1.79 bits per heavy atom. The molecule has 3 aliphatic rings. The first kappa shape index (κ1) is 21.1. The Hall–Kier alpha value is -3.48. The van der Waals surface area contributed by atoms with Gasteiger partial charge < -0.3 is 9.88 Å². The van der Waals surface area contributed by atoms with Gasteiger partial charge in [-0.2, -0.15) is 0 Å². The summed E-state index contributed by atoms with van der Waals surface area (Å²) in [4.78, 5) is 42.4. The maximum atomic E-state index is 13.2. The summed E-state index contributed by atoms with van der Waals surface area (Å²) >= 11 is 0. The normalized spacial score (nSPS) is 22.0. The van der Waals surface area contributed by atoms with Crippen LogP contribution in [0.15, 0.2) is 53.5 Å². The van der Waals surface area contributed by atoms with Crippen molar-refractivity contribution in [1.29, 1.82) is 0 Å². The standard InChI is InChI=1S/C27H29N5O2/c1-27(2)26(34)32(16-17-13-14-31(15-17)25(33)20-11-12-20)24(30-27)19-9-7-18(8-10-19)23-28-21-5-3-4-6-22(21)29-23/h3-10,17,20H,11-16H2,1-2H3,(H,28,29)/t17-/m1/s1. The molecule has 0 spiro atoms. The molecular weight excluding hydrogens is 426 g/mol. The molecule has 0 unspecified atom stereocenters. The number of nitrogens with one attached hydrogen (secondary N) is 1. The Morgan fingerprint density at radius 3 is 2.53 bits per heavy atom. The molecule has 2 amide bonds. The minimum absolute atomic E-state index is 0.0239. The van der Waals surface area contributed by atoms with Gasteiger partial charge in [-0.15, -0.1) is 0 Å². The molecule has 1 N–H and O–H groups in total. The quantitative estimate of drug-likeness (QED) is 0.634. The molecule has 174 valence electrons. The molecular formula is C27H29N5O2. The number of H-pyrrole nitrogens is 1. The summed E-state index contributed by atoms with van der Waals surface area (Å²) in [5, 5.41) is 0. The number of para-hydroxylation sites is 2. The molecule has 1 saturated heterocycles. The van der Waals surface area contributed by atoms with Crippen LogP contribution in [-0.2, 0) is 9.59 Å². The van der Waals surface area contributed by atoms with Gasteiger partial charge >= 0.3 is 0 Å². The summed E-state index contributed by atoms with van der Waals surface area (Å²) in [6.45, 7) is 5.87. The van der Waals surface area contributed by atoms with Crippen LogP contribution in [0.25, 0.3) is 22.4 Å². The number of likely N-dealkylation sites (tertiary alicyclic amines) is 1. The molecule has 6 rings (SSSR count). The number of aromatic nitrogens is 2. The molecule has 7 nitrogen and oxygen atoms in total. The van der Waals surface area contributed by atoms with E-state index >= 15 is 0 Å². The maximum absolute atomic E-state index is 13.2. The number of fused-ring (bicyclic) bond motifs is 1. The highest BCUT2D eigenvalue weighted by Gasteiger charge is 2.43. The third kappa shape index (κ3) is 3.69. The number of amides is 2. The van der Waals surface area contributed by atoms with Crippen LogP contribution >= 0.6 is 0 Å². The van der Waals surface area contributed by atoms with Crippen LogP contribution < -0.4 is 0 Å². The average molecular weight is 456 g/mol. The number of imidazole rings is 1. The van der Waals surface area contributed by atoms with E-state index in [4.69, 9.17) is 4.99 Å². The molecule has 1 saturated carbocycles. The molecule has 34 heavy (non-hydrogen) atoms. The van der Waals surface area contributed by atoms with E-state index in [-0.39, 0.29) is 17.7 Å². The van der Waals surface area contributed by atoms with Gasteiger partial charge in [0.25, 0.3) is 5.91 Å². The number of nitrogens with zero attached hydrogens (tertiary/aromatic N) is 4. The van der Waals surface area contributed by atoms with E-state index in [1.807, 2.05) is 72.2 Å². The van der Waals surface area contributed by atoms with Crippen molar-refractivity contribution >= 4 is 28.7 Å². The second kappa shape index (κ2) is 7.79. The van der Waals surface area contributed by atoms with Crippen molar-refractivity contribution in [2.45, 2.75) is 38.6 Å². The summed E-state index contributed by atoms with van der Waals surface area (Å²) in [6.07, 6.45) is 2.99. The topological polar surface area (TPSA) is 81.7 Å². The minimum atomic E-state index is -0.783. The van der Waals surface area contributed by atoms with E-state index in [2.05, 4.69) is 9.97 Å². The predicted molar refractivity (Wildman–Crippen MR) is 131 cm³/mol. The van der Waals surface area contributed by atoms with E-state index in [1.54, 1.807) is 0 Å². The molecule has 3 heterocycles. The largest absolute Gasteiger partial charge is 0.342 e. The molecule has 2 fully saturated rings. The van der Waals surface area contributed by atoms with E-state index in [9.17, 15) is 9.59 Å². The molecule has 7 heteroatoms. The van der Waals surface area contributed by atoms with Crippen molar-refractivity contribution in [3.8, 4) is 11.4 Å². The van der Waals surface area contributed by atoms with Gasteiger partial charge in [0, 0.05) is 36.7 Å². The molecule has 0 radical (unpaired) electrons. The third-order valence-corrected chi connectivity index (χ3v) is 7.18. The Balaban J connectivity index is 1.22. The number of amidine groups is 1. The fourth-order valence-electron chi connectivity index (χ4n) is 5.08. The lowest BCUT2D eigenvalue weighted by atomic mass is 10.0. The maximum Gasteiger partial charge on any atom is 0.255 e. The van der Waals surface area contributed by atoms with Crippen LogP contribution in [0.4, 0.5) is 0 Å². The number of carbonyl (C=O) groups excluding carboxylic acids is 2. The van der Waals surface area contributed by atoms with Crippen LogP contribution in [0, 0.1) is 11.8 Å². The fraction of sp³-hybridized carbons (Fsp3) is 0.407. The van der Waals surface area contributed by atoms with Crippen molar-refractivity contribution in [2.24, 2.45) is 16.8 Å². The summed E-state index contributed by atoms with van der Waals surface area (Å²) in [7, 11) is 0. The van der Waals surface area contributed by atoms with Crippen molar-refractivity contribution in [3.05, 3.63) is 54.1 Å². The molecule has 0 bridgehead atoms. The summed E-state index contributed by atoms with van der Waals surface area (Å²) in [5.41, 5.74) is 3.06. The van der Waals surface area contributed by atoms with Gasteiger partial charge in [-0.05, 0) is 51.2 Å². The smallest absolute Gasteiger partial charge is 0.255 e. The van der Waals surface area contributed by atoms with E-state index < -0.39 is 5.54 Å². The van der Waals surface area contributed by atoms with Gasteiger partial charge in [0.05, 0.1) is 11.0 Å². The highest BCUT2D eigenvalue weighted by atomic mass is 16.2. The lowest BCUT2D eigenvalue weighted by Crippen LogP contribution is -2.42. The lowest BCUT2D eigenvalue weighted by molar-refractivity contribution is -0.131. The van der Waals surface area contributed by atoms with Gasteiger partial charge in [0.2, 0.25) is 5.91 Å². The van der Waals surface area contributed by atoms with E-state index in [0.717, 1.165) is 66.2 Å². The van der Waals surface area contributed by atoms with Crippen LogP contribution in [0.2, 0.25) is 0 Å². The molecule has 1 aliphatic carbocycles. The van der Waals surface area contributed by atoms with Crippen molar-refractivity contribution in [2.75, 3.05) is 19.6 Å². The van der Waals surface area contributed by atoms with Gasteiger partial charge in [-0.3, -0.25) is 19.5 Å². The highest BCUT2D eigenvalue weighted by Crippen LogP contribution is 2.34. The second-order valence-corrected chi connectivity index (χ2v) is 10.3. The van der Waals surface area contributed by atoms with E-state index in [1.165, 1.54) is 0 Å². The number of hydrogen-bond acceptors (Lipinski definition) is 4. The van der Waals surface area contributed by atoms with Gasteiger partial charge in [-0.1, -0.05) is 36.4 Å². The van der Waals surface area contributed by atoms with Crippen molar-refractivity contribution in [3.63, 3.8) is 0 Å². The Bertz CT molecular complexity index is 1270. The molecule has 1 aromatic heterocycles. The second-order valence-electron chi connectivity index (χ2n) is 10.3. The summed E-state index contributed by atoms with van der Waals surface area (Å²) in [5.74, 6) is 2.38. The molecule has 2 aromatic carbocycles. The highest BCUT2D eigenvalue weighted by molar-refractivity contribution is 6.15. The number of aromatic amines is 1. The van der Waals surface area contributed by atoms with Crippen LogP contribution in [0.5, 0.6) is 0 Å². The molecule has 2 aliphatic heterocycles. The van der Waals surface area contributed by atoms with Gasteiger partial charge in [0.1, 0.15) is 17.2 Å². The van der Waals surface area contributed by atoms with Gasteiger partial charge in [0.15, 0.2) is 0 Å². The number of carbonyl (C=O) groups is 2. The van der Waals surface area contributed by atoms with Crippen molar-refractivity contribution in [1.82, 2.24) is 19.8 Å². The zero-order valence-electron chi connectivity index (χ0n) is 19.6. The summed E-state index contributed by atoms with van der Waals surface area (Å²) < 4.78 is 0.